The number of aliphatic hydroxyl groups is 1. The van der Waals surface area contributed by atoms with Crippen molar-refractivity contribution in [2.24, 2.45) is 5.73 Å². The lowest BCUT2D eigenvalue weighted by atomic mass is 10.1. The summed E-state index contributed by atoms with van der Waals surface area (Å²) in [5, 5.41) is 9.11. The van der Waals surface area contributed by atoms with Gasteiger partial charge in [-0.3, -0.25) is 4.79 Å². The summed E-state index contributed by atoms with van der Waals surface area (Å²) in [5.41, 5.74) is 12.8. The molecule has 1 aromatic rings. The van der Waals surface area contributed by atoms with Gasteiger partial charge in [0.15, 0.2) is 0 Å². The number of nitrogens with zero attached hydrogens (tertiary/aromatic N) is 1. The molecule has 5 N–H and O–H groups in total. The number of hydrogen-bond acceptors (Lipinski definition) is 4. The molecule has 18 heavy (non-hydrogen) atoms. The summed E-state index contributed by atoms with van der Waals surface area (Å²) >= 11 is 0. The Morgan fingerprint density at radius 2 is 2.11 bits per heavy atom. The number of hydrogen-bond donors (Lipinski definition) is 3. The van der Waals surface area contributed by atoms with E-state index in [-0.39, 0.29) is 6.61 Å². The van der Waals surface area contributed by atoms with Crippen molar-refractivity contribution in [1.29, 1.82) is 0 Å². The van der Waals surface area contributed by atoms with Gasteiger partial charge in [0.2, 0.25) is 0 Å². The van der Waals surface area contributed by atoms with Crippen LogP contribution in [0.3, 0.4) is 0 Å². The summed E-state index contributed by atoms with van der Waals surface area (Å²) in [6.45, 7) is 3.34. The van der Waals surface area contributed by atoms with Crippen molar-refractivity contribution >= 4 is 17.3 Å². The van der Waals surface area contributed by atoms with Crippen molar-refractivity contribution in [1.82, 2.24) is 0 Å². The van der Waals surface area contributed by atoms with Crippen molar-refractivity contribution in [3.05, 3.63) is 23.8 Å². The van der Waals surface area contributed by atoms with Gasteiger partial charge < -0.3 is 21.5 Å². The molecule has 0 saturated heterocycles. The molecule has 0 aliphatic carbocycles. The summed E-state index contributed by atoms with van der Waals surface area (Å²) < 4.78 is 0. The van der Waals surface area contributed by atoms with E-state index in [1.165, 1.54) is 0 Å². The average Bonchev–Trinajstić information content (AvgIpc) is 2.34. The van der Waals surface area contributed by atoms with Gasteiger partial charge in [-0.1, -0.05) is 13.3 Å². The average molecular weight is 251 g/mol. The lowest BCUT2D eigenvalue weighted by Crippen LogP contribution is -2.30. The van der Waals surface area contributed by atoms with E-state index in [0.29, 0.717) is 23.5 Å². The van der Waals surface area contributed by atoms with Crippen LogP contribution in [0.4, 0.5) is 11.4 Å². The third-order valence-electron chi connectivity index (χ3n) is 2.78. The fourth-order valence-electron chi connectivity index (χ4n) is 1.84. The maximum Gasteiger partial charge on any atom is 0.250 e. The number of rotatable bonds is 7. The molecule has 0 radical (unpaired) electrons. The largest absolute Gasteiger partial charge is 0.399 e. The van der Waals surface area contributed by atoms with Gasteiger partial charge in [0.05, 0.1) is 17.9 Å². The zero-order valence-electron chi connectivity index (χ0n) is 10.7. The van der Waals surface area contributed by atoms with Gasteiger partial charge in [-0.15, -0.1) is 0 Å². The molecule has 0 heterocycles. The Kier molecular flexibility index (Phi) is 5.45. The number of amides is 1. The molecule has 0 aliphatic heterocycles. The number of aliphatic hydroxyl groups excluding tert-OH is 1. The Balaban J connectivity index is 3.07. The molecule has 1 rings (SSSR count). The van der Waals surface area contributed by atoms with Gasteiger partial charge >= 0.3 is 0 Å². The monoisotopic (exact) mass is 251 g/mol. The normalized spacial score (nSPS) is 10.3. The highest BCUT2D eigenvalue weighted by atomic mass is 16.3. The molecular formula is C13H21N3O2. The van der Waals surface area contributed by atoms with Gasteiger partial charge in [-0.25, -0.2) is 0 Å². The summed E-state index contributed by atoms with van der Waals surface area (Å²) in [4.78, 5) is 13.4. The second-order valence-corrected chi connectivity index (χ2v) is 4.21. The first-order valence-electron chi connectivity index (χ1n) is 6.15. The second-order valence-electron chi connectivity index (χ2n) is 4.21. The fraction of sp³-hybridized carbons (Fsp3) is 0.462. The predicted octanol–water partition coefficient (Wildman–Crippen LogP) is 0.967. The minimum absolute atomic E-state index is 0.0245. The van der Waals surface area contributed by atoms with Crippen LogP contribution in [0.2, 0.25) is 0 Å². The molecule has 0 atom stereocenters. The number of anilines is 2. The number of carbonyl (C=O) groups excluding carboxylic acids is 1. The molecule has 0 bridgehead atoms. The maximum atomic E-state index is 11.4. The third-order valence-corrected chi connectivity index (χ3v) is 2.78. The van der Waals surface area contributed by atoms with Crippen molar-refractivity contribution in [3.8, 4) is 0 Å². The molecule has 0 saturated carbocycles. The summed E-state index contributed by atoms with van der Waals surface area (Å²) in [6.07, 6.45) is 2.02. The predicted molar refractivity (Wildman–Crippen MR) is 73.6 cm³/mol. The molecule has 100 valence electrons. The van der Waals surface area contributed by atoms with Gasteiger partial charge in [0, 0.05) is 18.8 Å². The van der Waals surface area contributed by atoms with Crippen LogP contribution in [0.25, 0.3) is 0 Å². The molecular weight excluding hydrogens is 230 g/mol. The van der Waals surface area contributed by atoms with Gasteiger partial charge in [-0.2, -0.15) is 0 Å². The lowest BCUT2D eigenvalue weighted by Gasteiger charge is -2.26. The first kappa shape index (κ1) is 14.3. The number of nitrogen functional groups attached to an aromatic ring is 1. The molecule has 5 nitrogen and oxygen atoms in total. The highest BCUT2D eigenvalue weighted by molar-refractivity contribution is 5.99. The quantitative estimate of drug-likeness (QED) is 0.629. The minimum Gasteiger partial charge on any atom is -0.399 e. The van der Waals surface area contributed by atoms with E-state index in [2.05, 4.69) is 6.92 Å². The molecule has 0 unspecified atom stereocenters. The van der Waals surface area contributed by atoms with Crippen LogP contribution in [-0.2, 0) is 0 Å². The van der Waals surface area contributed by atoms with Crippen LogP contribution in [0.1, 0.15) is 30.1 Å². The van der Waals surface area contributed by atoms with E-state index in [1.54, 1.807) is 18.2 Å². The van der Waals surface area contributed by atoms with E-state index in [4.69, 9.17) is 16.6 Å². The molecule has 1 aromatic carbocycles. The Bertz CT molecular complexity index is 407. The molecule has 0 fully saturated rings. The molecule has 0 spiro atoms. The van der Waals surface area contributed by atoms with E-state index in [0.717, 1.165) is 19.4 Å². The van der Waals surface area contributed by atoms with Crippen LogP contribution in [0.5, 0.6) is 0 Å². The number of unbranched alkanes of at least 4 members (excludes halogenated alkanes) is 1. The van der Waals surface area contributed by atoms with Gasteiger partial charge in [0.25, 0.3) is 5.91 Å². The highest BCUT2D eigenvalue weighted by Crippen LogP contribution is 2.23. The van der Waals surface area contributed by atoms with Crippen molar-refractivity contribution in [2.45, 2.75) is 19.8 Å². The standard InChI is InChI=1S/C13H21N3O2/c1-2-3-6-16(7-8-17)12-9-10(14)4-5-11(12)13(15)18/h4-5,9,17H,2-3,6-8,14H2,1H3,(H2,15,18). The van der Waals surface area contributed by atoms with Crippen LogP contribution < -0.4 is 16.4 Å². The van der Waals surface area contributed by atoms with Crippen molar-refractivity contribution in [3.63, 3.8) is 0 Å². The third kappa shape index (κ3) is 3.63. The fourth-order valence-corrected chi connectivity index (χ4v) is 1.84. The first-order chi connectivity index (χ1) is 8.60. The van der Waals surface area contributed by atoms with Crippen molar-refractivity contribution < 1.29 is 9.90 Å². The van der Waals surface area contributed by atoms with Crippen LogP contribution >= 0.6 is 0 Å². The number of carbonyl (C=O) groups is 1. The van der Waals surface area contributed by atoms with Crippen LogP contribution in [0, 0.1) is 0 Å². The Morgan fingerprint density at radius 1 is 1.39 bits per heavy atom. The van der Waals surface area contributed by atoms with E-state index < -0.39 is 5.91 Å². The lowest BCUT2D eigenvalue weighted by molar-refractivity contribution is 0.100. The summed E-state index contributed by atoms with van der Waals surface area (Å²) in [5.74, 6) is -0.482. The molecule has 1 amide bonds. The zero-order chi connectivity index (χ0) is 13.5. The number of nitrogens with two attached hydrogens (primary N) is 2. The summed E-state index contributed by atoms with van der Waals surface area (Å²) in [6, 6.07) is 5.01. The molecule has 5 heteroatoms. The SMILES string of the molecule is CCCCN(CCO)c1cc(N)ccc1C(N)=O. The number of primary amides is 1. The van der Waals surface area contributed by atoms with E-state index in [9.17, 15) is 4.79 Å². The first-order valence-corrected chi connectivity index (χ1v) is 6.15. The zero-order valence-corrected chi connectivity index (χ0v) is 10.7. The summed E-state index contributed by atoms with van der Waals surface area (Å²) in [7, 11) is 0. The highest BCUT2D eigenvalue weighted by Gasteiger charge is 2.14. The Labute approximate surface area is 107 Å². The molecule has 0 aromatic heterocycles. The Hall–Kier alpha value is -1.75. The van der Waals surface area contributed by atoms with Crippen molar-refractivity contribution in [2.75, 3.05) is 30.3 Å². The minimum atomic E-state index is -0.482. The smallest absolute Gasteiger partial charge is 0.250 e. The van der Waals surface area contributed by atoms with Crippen LogP contribution in [0.15, 0.2) is 18.2 Å². The maximum absolute atomic E-state index is 11.4. The van der Waals surface area contributed by atoms with E-state index >= 15 is 0 Å². The van der Waals surface area contributed by atoms with Gasteiger partial charge in [-0.05, 0) is 24.6 Å². The van der Waals surface area contributed by atoms with Gasteiger partial charge in [0.1, 0.15) is 0 Å². The molecule has 0 aliphatic rings. The number of benzene rings is 1. The second kappa shape index (κ2) is 6.86. The topological polar surface area (TPSA) is 92.6 Å². The van der Waals surface area contributed by atoms with Crippen LogP contribution in [-0.4, -0.2) is 30.7 Å². The Morgan fingerprint density at radius 3 is 2.67 bits per heavy atom. The van der Waals surface area contributed by atoms with E-state index in [1.807, 2.05) is 4.90 Å².